The Labute approximate surface area is 109 Å². The van der Waals surface area contributed by atoms with Gasteiger partial charge < -0.3 is 19.6 Å². The lowest BCUT2D eigenvalue weighted by atomic mass is 9.99. The maximum absolute atomic E-state index is 12.4. The quantitative estimate of drug-likeness (QED) is 0.759. The van der Waals surface area contributed by atoms with Crippen LogP contribution in [0.5, 0.6) is 0 Å². The second kappa shape index (κ2) is 5.99. The molecule has 1 amide bonds. The van der Waals surface area contributed by atoms with E-state index in [1.165, 1.54) is 0 Å². The van der Waals surface area contributed by atoms with Crippen molar-refractivity contribution in [3.8, 4) is 0 Å². The molecule has 18 heavy (non-hydrogen) atoms. The van der Waals surface area contributed by atoms with Crippen molar-refractivity contribution >= 4 is 5.91 Å². The van der Waals surface area contributed by atoms with E-state index < -0.39 is 0 Å². The summed E-state index contributed by atoms with van der Waals surface area (Å²) in [6.07, 6.45) is 1.68. The summed E-state index contributed by atoms with van der Waals surface area (Å²) in [5.74, 6) is 0.559. The lowest BCUT2D eigenvalue weighted by molar-refractivity contribution is -0.137. The Bertz CT molecular complexity index is 290. The zero-order chi connectivity index (χ0) is 13.1. The molecule has 0 aliphatic carbocycles. The second-order valence-corrected chi connectivity index (χ2v) is 5.60. The number of carbonyl (C=O) groups excluding carboxylic acids is 1. The van der Waals surface area contributed by atoms with Crippen molar-refractivity contribution in [3.63, 3.8) is 0 Å². The molecule has 0 bridgehead atoms. The highest BCUT2D eigenvalue weighted by Crippen LogP contribution is 2.25. The molecule has 1 N–H and O–H groups in total. The first-order valence-electron chi connectivity index (χ1n) is 6.77. The Morgan fingerprint density at radius 2 is 2.00 bits per heavy atom. The van der Waals surface area contributed by atoms with Gasteiger partial charge in [0, 0.05) is 50.8 Å². The van der Waals surface area contributed by atoms with Gasteiger partial charge in [-0.1, -0.05) is 0 Å². The van der Waals surface area contributed by atoms with Crippen LogP contribution in [-0.2, 0) is 9.53 Å². The van der Waals surface area contributed by atoms with Crippen LogP contribution in [0.4, 0.5) is 0 Å². The number of hydrogen-bond acceptors (Lipinski definition) is 4. The van der Waals surface area contributed by atoms with E-state index in [0.717, 1.165) is 19.4 Å². The summed E-state index contributed by atoms with van der Waals surface area (Å²) in [4.78, 5) is 16.4. The van der Waals surface area contributed by atoms with Crippen molar-refractivity contribution < 1.29 is 14.6 Å². The number of aliphatic hydroxyl groups is 1. The molecule has 0 saturated carbocycles. The summed E-state index contributed by atoms with van der Waals surface area (Å²) >= 11 is 0. The third kappa shape index (κ3) is 2.84. The number of aliphatic hydroxyl groups excluding tert-OH is 1. The van der Waals surface area contributed by atoms with Crippen LogP contribution < -0.4 is 0 Å². The Kier molecular flexibility index (Phi) is 4.59. The molecule has 2 atom stereocenters. The smallest absolute Gasteiger partial charge is 0.225 e. The highest BCUT2D eigenvalue weighted by molar-refractivity contribution is 5.79. The Hall–Kier alpha value is -0.650. The number of likely N-dealkylation sites (tertiary alicyclic amines) is 1. The summed E-state index contributed by atoms with van der Waals surface area (Å²) in [6, 6.07) is 0.277. The Morgan fingerprint density at radius 1 is 1.33 bits per heavy atom. The van der Waals surface area contributed by atoms with Gasteiger partial charge in [-0.15, -0.1) is 0 Å². The minimum absolute atomic E-state index is 0.124. The van der Waals surface area contributed by atoms with E-state index in [0.29, 0.717) is 19.8 Å². The van der Waals surface area contributed by atoms with Gasteiger partial charge in [-0.05, 0) is 26.9 Å². The van der Waals surface area contributed by atoms with Gasteiger partial charge in [0.2, 0.25) is 5.91 Å². The Balaban J connectivity index is 1.95. The summed E-state index contributed by atoms with van der Waals surface area (Å²) in [5.41, 5.74) is 0. The maximum atomic E-state index is 12.4. The molecule has 2 fully saturated rings. The molecule has 0 spiro atoms. The van der Waals surface area contributed by atoms with E-state index in [1.807, 2.05) is 19.0 Å². The first-order valence-corrected chi connectivity index (χ1v) is 6.77. The average Bonchev–Trinajstić information content (AvgIpc) is 2.83. The van der Waals surface area contributed by atoms with Crippen molar-refractivity contribution in [2.75, 3.05) is 47.0 Å². The zero-order valence-electron chi connectivity index (χ0n) is 11.3. The first-order chi connectivity index (χ1) is 8.63. The topological polar surface area (TPSA) is 53.0 Å². The standard InChI is InChI=1S/C13H24N2O3/c1-14(2)12-8-15(7-11(12)9-16)13(17)10-3-5-18-6-4-10/h10-12,16H,3-9H2,1-2H3/t11-,12+/m0/s1. The van der Waals surface area contributed by atoms with Gasteiger partial charge in [0.25, 0.3) is 0 Å². The molecule has 104 valence electrons. The number of carbonyl (C=O) groups is 1. The summed E-state index contributed by atoms with van der Waals surface area (Å²) in [7, 11) is 4.02. The van der Waals surface area contributed by atoms with Crippen LogP contribution in [0.2, 0.25) is 0 Å². The van der Waals surface area contributed by atoms with Gasteiger partial charge in [-0.2, -0.15) is 0 Å². The molecular weight excluding hydrogens is 232 g/mol. The fourth-order valence-electron chi connectivity index (χ4n) is 3.00. The molecule has 5 heteroatoms. The molecular formula is C13H24N2O3. The summed E-state index contributed by atoms with van der Waals surface area (Å²) in [6.45, 7) is 2.99. The van der Waals surface area contributed by atoms with Crippen molar-refractivity contribution in [2.24, 2.45) is 11.8 Å². The number of likely N-dealkylation sites (N-methyl/N-ethyl adjacent to an activating group) is 1. The van der Waals surface area contributed by atoms with E-state index in [4.69, 9.17) is 4.74 Å². The molecule has 2 aliphatic heterocycles. The number of rotatable bonds is 3. The van der Waals surface area contributed by atoms with E-state index in [-0.39, 0.29) is 30.4 Å². The molecule has 0 aromatic heterocycles. The predicted molar refractivity (Wildman–Crippen MR) is 68.2 cm³/mol. The first kappa shape index (κ1) is 13.8. The van der Waals surface area contributed by atoms with Gasteiger partial charge in [-0.25, -0.2) is 0 Å². The van der Waals surface area contributed by atoms with Crippen molar-refractivity contribution in [3.05, 3.63) is 0 Å². The predicted octanol–water partition coefficient (Wildman–Crippen LogP) is -0.206. The van der Waals surface area contributed by atoms with Crippen LogP contribution in [0.25, 0.3) is 0 Å². The molecule has 0 radical (unpaired) electrons. The van der Waals surface area contributed by atoms with Crippen molar-refractivity contribution in [1.29, 1.82) is 0 Å². The van der Waals surface area contributed by atoms with Crippen LogP contribution in [0.3, 0.4) is 0 Å². The SMILES string of the molecule is CN(C)[C@@H]1CN(C(=O)C2CCOCC2)C[C@H]1CO. The number of ether oxygens (including phenoxy) is 1. The van der Waals surface area contributed by atoms with E-state index >= 15 is 0 Å². The van der Waals surface area contributed by atoms with E-state index in [1.54, 1.807) is 0 Å². The lowest BCUT2D eigenvalue weighted by Crippen LogP contribution is -2.39. The van der Waals surface area contributed by atoms with Crippen LogP contribution in [-0.4, -0.2) is 73.9 Å². The molecule has 0 aromatic carbocycles. The fourth-order valence-corrected chi connectivity index (χ4v) is 3.00. The molecule has 2 aliphatic rings. The third-order valence-corrected chi connectivity index (χ3v) is 4.19. The monoisotopic (exact) mass is 256 g/mol. The summed E-state index contributed by atoms with van der Waals surface area (Å²) < 4.78 is 5.30. The largest absolute Gasteiger partial charge is 0.396 e. The molecule has 0 aromatic rings. The van der Waals surface area contributed by atoms with Gasteiger partial charge in [0.1, 0.15) is 0 Å². The number of amides is 1. The van der Waals surface area contributed by atoms with Crippen LogP contribution >= 0.6 is 0 Å². The van der Waals surface area contributed by atoms with Crippen LogP contribution in [0.15, 0.2) is 0 Å². The van der Waals surface area contributed by atoms with Gasteiger partial charge in [0.15, 0.2) is 0 Å². The van der Waals surface area contributed by atoms with Crippen LogP contribution in [0, 0.1) is 11.8 Å². The van der Waals surface area contributed by atoms with Gasteiger partial charge in [-0.3, -0.25) is 4.79 Å². The zero-order valence-corrected chi connectivity index (χ0v) is 11.3. The Morgan fingerprint density at radius 3 is 2.50 bits per heavy atom. The van der Waals surface area contributed by atoms with E-state index in [2.05, 4.69) is 4.90 Å². The summed E-state index contributed by atoms with van der Waals surface area (Å²) in [5, 5.41) is 9.41. The molecule has 2 heterocycles. The fraction of sp³-hybridized carbons (Fsp3) is 0.923. The lowest BCUT2D eigenvalue weighted by Gasteiger charge is -2.27. The van der Waals surface area contributed by atoms with E-state index in [9.17, 15) is 9.90 Å². The molecule has 2 saturated heterocycles. The maximum Gasteiger partial charge on any atom is 0.225 e. The van der Waals surface area contributed by atoms with Crippen molar-refractivity contribution in [1.82, 2.24) is 9.80 Å². The normalized spacial score (nSPS) is 30.1. The van der Waals surface area contributed by atoms with Crippen LogP contribution in [0.1, 0.15) is 12.8 Å². The molecule has 2 rings (SSSR count). The number of hydrogen-bond donors (Lipinski definition) is 1. The second-order valence-electron chi connectivity index (χ2n) is 5.60. The minimum Gasteiger partial charge on any atom is -0.396 e. The van der Waals surface area contributed by atoms with Gasteiger partial charge >= 0.3 is 0 Å². The highest BCUT2D eigenvalue weighted by Gasteiger charge is 2.38. The average molecular weight is 256 g/mol. The number of nitrogens with zero attached hydrogens (tertiary/aromatic N) is 2. The third-order valence-electron chi connectivity index (χ3n) is 4.19. The highest BCUT2D eigenvalue weighted by atomic mass is 16.5. The van der Waals surface area contributed by atoms with Gasteiger partial charge in [0.05, 0.1) is 0 Å². The van der Waals surface area contributed by atoms with Crippen molar-refractivity contribution in [2.45, 2.75) is 18.9 Å². The molecule has 5 nitrogen and oxygen atoms in total. The molecule has 0 unspecified atom stereocenters. The minimum atomic E-state index is 0.124.